The highest BCUT2D eigenvalue weighted by Gasteiger charge is 2.28. The first-order valence-electron chi connectivity index (χ1n) is 3.83. The van der Waals surface area contributed by atoms with E-state index in [1.807, 2.05) is 6.92 Å². The van der Waals surface area contributed by atoms with Gasteiger partial charge in [-0.1, -0.05) is 19.2 Å². The van der Waals surface area contributed by atoms with E-state index in [9.17, 15) is 4.79 Å². The first-order valence-corrected chi connectivity index (χ1v) is 3.83. The van der Waals surface area contributed by atoms with Crippen molar-refractivity contribution in [1.82, 2.24) is 0 Å². The number of carbonyl (C=O) groups is 1. The lowest BCUT2D eigenvalue weighted by Gasteiger charge is -2.22. The highest BCUT2D eigenvalue weighted by atomic mass is 16.4. The summed E-state index contributed by atoms with van der Waals surface area (Å²) in [6, 6.07) is 0. The lowest BCUT2D eigenvalue weighted by atomic mass is 9.78. The van der Waals surface area contributed by atoms with Crippen molar-refractivity contribution < 1.29 is 9.90 Å². The van der Waals surface area contributed by atoms with Gasteiger partial charge in [0.15, 0.2) is 0 Å². The molecular weight excluding hydrogens is 139 g/mol. The fourth-order valence-electron chi connectivity index (χ4n) is 1.04. The van der Waals surface area contributed by atoms with Crippen molar-refractivity contribution >= 4 is 13.8 Å². The summed E-state index contributed by atoms with van der Waals surface area (Å²) in [5.74, 6) is -0.473. The Hall–Kier alpha value is -0.465. The maximum absolute atomic E-state index is 10.6. The number of hydrogen-bond acceptors (Lipinski definition) is 1. The molecule has 3 heteroatoms. The summed E-state index contributed by atoms with van der Waals surface area (Å²) in [6.07, 6.45) is 1.19. The quantitative estimate of drug-likeness (QED) is 0.625. The van der Waals surface area contributed by atoms with Gasteiger partial charge in [0.05, 0.1) is 13.3 Å². The van der Waals surface area contributed by atoms with Gasteiger partial charge in [0.1, 0.15) is 0 Å². The van der Waals surface area contributed by atoms with Crippen LogP contribution in [0.2, 0.25) is 6.32 Å². The van der Waals surface area contributed by atoms with Crippen LogP contribution in [0.4, 0.5) is 0 Å². The normalized spacial score (nSPS) is 14.5. The van der Waals surface area contributed by atoms with Crippen LogP contribution >= 0.6 is 0 Å². The molecule has 1 atom stereocenters. The van der Waals surface area contributed by atoms with Crippen molar-refractivity contribution in [3.05, 3.63) is 0 Å². The van der Waals surface area contributed by atoms with Gasteiger partial charge in [-0.25, -0.2) is 0 Å². The molecule has 0 aromatic heterocycles. The maximum atomic E-state index is 10.6. The van der Waals surface area contributed by atoms with Crippen molar-refractivity contribution in [2.45, 2.75) is 33.5 Å². The van der Waals surface area contributed by atoms with Crippen molar-refractivity contribution in [2.75, 3.05) is 0 Å². The molecule has 0 aromatic rings. The number of carboxylic acids is 1. The predicted octanol–water partition coefficient (Wildman–Crippen LogP) is 1.71. The van der Waals surface area contributed by atoms with E-state index in [1.54, 1.807) is 13.8 Å². The molecule has 0 fully saturated rings. The van der Waals surface area contributed by atoms with E-state index in [-0.39, 0.29) is 5.92 Å². The Kier molecular flexibility index (Phi) is 3.63. The molecule has 62 valence electrons. The van der Waals surface area contributed by atoms with Gasteiger partial charge in [-0.15, -0.1) is 0 Å². The first kappa shape index (κ1) is 10.5. The molecule has 11 heavy (non-hydrogen) atoms. The second-order valence-electron chi connectivity index (χ2n) is 3.73. The molecular formula is C8H15BO2. The Balaban J connectivity index is 4.01. The molecule has 2 nitrogen and oxygen atoms in total. The van der Waals surface area contributed by atoms with Crippen LogP contribution in [0.1, 0.15) is 27.2 Å². The zero-order valence-corrected chi connectivity index (χ0v) is 7.42. The van der Waals surface area contributed by atoms with Gasteiger partial charge in [-0.2, -0.15) is 0 Å². The molecule has 0 saturated carbocycles. The van der Waals surface area contributed by atoms with E-state index in [0.717, 1.165) is 0 Å². The van der Waals surface area contributed by atoms with Gasteiger partial charge >= 0.3 is 5.97 Å². The topological polar surface area (TPSA) is 37.3 Å². The average Bonchev–Trinajstić information content (AvgIpc) is 1.86. The number of rotatable bonds is 4. The van der Waals surface area contributed by atoms with E-state index in [0.29, 0.717) is 12.7 Å². The molecule has 0 heterocycles. The Morgan fingerprint density at radius 1 is 1.64 bits per heavy atom. The van der Waals surface area contributed by atoms with Crippen LogP contribution in [-0.4, -0.2) is 18.9 Å². The lowest BCUT2D eigenvalue weighted by molar-refractivity contribution is -0.147. The van der Waals surface area contributed by atoms with Crippen molar-refractivity contribution in [3.63, 3.8) is 0 Å². The van der Waals surface area contributed by atoms with Crippen LogP contribution in [0.15, 0.2) is 0 Å². The minimum absolute atomic E-state index is 0.279. The van der Waals surface area contributed by atoms with Crippen molar-refractivity contribution in [3.8, 4) is 0 Å². The molecule has 0 bridgehead atoms. The molecule has 0 aromatic carbocycles. The van der Waals surface area contributed by atoms with Crippen LogP contribution in [0, 0.1) is 11.3 Å². The highest BCUT2D eigenvalue weighted by Crippen LogP contribution is 2.26. The molecule has 0 saturated heterocycles. The third-order valence-corrected chi connectivity index (χ3v) is 1.84. The summed E-state index contributed by atoms with van der Waals surface area (Å²) in [4.78, 5) is 10.6. The summed E-state index contributed by atoms with van der Waals surface area (Å²) in [5, 5.41) is 8.74. The third kappa shape index (κ3) is 3.45. The number of aliphatic carboxylic acids is 1. The third-order valence-electron chi connectivity index (χ3n) is 1.84. The molecule has 0 spiro atoms. The van der Waals surface area contributed by atoms with Gasteiger partial charge in [-0.3, -0.25) is 4.79 Å². The van der Waals surface area contributed by atoms with E-state index in [2.05, 4.69) is 0 Å². The van der Waals surface area contributed by atoms with E-state index in [4.69, 9.17) is 13.0 Å². The second kappa shape index (κ2) is 3.79. The number of hydrogen-bond donors (Lipinski definition) is 1. The summed E-state index contributed by atoms with van der Waals surface area (Å²) in [5.41, 5.74) is -0.640. The summed E-state index contributed by atoms with van der Waals surface area (Å²) >= 11 is 0. The Morgan fingerprint density at radius 3 is 2.36 bits per heavy atom. The SMILES string of the molecule is [B]CC(C)CC(C)(C)C(=O)O. The molecule has 0 rings (SSSR count). The summed E-state index contributed by atoms with van der Waals surface area (Å²) in [6.45, 7) is 5.41. The molecule has 0 amide bonds. The van der Waals surface area contributed by atoms with Crippen LogP contribution < -0.4 is 0 Å². The van der Waals surface area contributed by atoms with Gasteiger partial charge in [0, 0.05) is 0 Å². The average molecular weight is 154 g/mol. The molecule has 2 radical (unpaired) electrons. The minimum Gasteiger partial charge on any atom is -0.481 e. The Bertz CT molecular complexity index is 143. The molecule has 0 aliphatic heterocycles. The maximum Gasteiger partial charge on any atom is 0.309 e. The fourth-order valence-corrected chi connectivity index (χ4v) is 1.04. The van der Waals surface area contributed by atoms with Crippen molar-refractivity contribution in [1.29, 1.82) is 0 Å². The molecule has 0 aliphatic rings. The van der Waals surface area contributed by atoms with E-state index < -0.39 is 11.4 Å². The molecule has 1 unspecified atom stereocenters. The second-order valence-corrected chi connectivity index (χ2v) is 3.73. The fraction of sp³-hybridized carbons (Fsp3) is 0.875. The van der Waals surface area contributed by atoms with Gasteiger partial charge in [0.25, 0.3) is 0 Å². The van der Waals surface area contributed by atoms with Gasteiger partial charge in [-0.05, 0) is 20.3 Å². The van der Waals surface area contributed by atoms with Crippen LogP contribution in [0.25, 0.3) is 0 Å². The van der Waals surface area contributed by atoms with E-state index >= 15 is 0 Å². The zero-order chi connectivity index (χ0) is 9.07. The Labute approximate surface area is 69.4 Å². The largest absolute Gasteiger partial charge is 0.481 e. The van der Waals surface area contributed by atoms with Crippen LogP contribution in [0.3, 0.4) is 0 Å². The first-order chi connectivity index (χ1) is 4.90. The predicted molar refractivity (Wildman–Crippen MR) is 45.8 cm³/mol. The van der Waals surface area contributed by atoms with E-state index in [1.165, 1.54) is 0 Å². The lowest BCUT2D eigenvalue weighted by Crippen LogP contribution is -2.25. The summed E-state index contributed by atoms with van der Waals surface area (Å²) in [7, 11) is 5.39. The zero-order valence-electron chi connectivity index (χ0n) is 7.42. The highest BCUT2D eigenvalue weighted by molar-refractivity contribution is 6.08. The van der Waals surface area contributed by atoms with Gasteiger partial charge < -0.3 is 5.11 Å². The number of carboxylic acid groups (broad SMARTS) is 1. The molecule has 0 aliphatic carbocycles. The Morgan fingerprint density at radius 2 is 2.09 bits per heavy atom. The summed E-state index contributed by atoms with van der Waals surface area (Å²) < 4.78 is 0. The van der Waals surface area contributed by atoms with Crippen molar-refractivity contribution in [2.24, 2.45) is 11.3 Å². The smallest absolute Gasteiger partial charge is 0.309 e. The van der Waals surface area contributed by atoms with Crippen LogP contribution in [-0.2, 0) is 4.79 Å². The minimum atomic E-state index is -0.752. The van der Waals surface area contributed by atoms with Gasteiger partial charge in [0.2, 0.25) is 0 Å². The molecule has 1 N–H and O–H groups in total. The van der Waals surface area contributed by atoms with Crippen LogP contribution in [0.5, 0.6) is 0 Å². The standard InChI is InChI=1S/C8H15BO2/c1-6(5-9)4-8(2,3)7(10)11/h6H,4-5H2,1-3H3,(H,10,11). The monoisotopic (exact) mass is 154 g/mol.